The van der Waals surface area contributed by atoms with E-state index in [9.17, 15) is 16.8 Å². The highest BCUT2D eigenvalue weighted by Crippen LogP contribution is 2.32. The zero-order valence-corrected chi connectivity index (χ0v) is 17.2. The molecular formula is C18H16ClNO4S3. The summed E-state index contributed by atoms with van der Waals surface area (Å²) in [5.41, 5.74) is 0. The van der Waals surface area contributed by atoms with Gasteiger partial charge in [-0.1, -0.05) is 35.9 Å². The molecule has 1 heterocycles. The number of sulfonamides is 1. The summed E-state index contributed by atoms with van der Waals surface area (Å²) in [5.74, 6) is 0. The van der Waals surface area contributed by atoms with Gasteiger partial charge in [-0.15, -0.1) is 11.3 Å². The van der Waals surface area contributed by atoms with Crippen LogP contribution < -0.4 is 4.72 Å². The molecule has 1 N–H and O–H groups in total. The van der Waals surface area contributed by atoms with Crippen LogP contribution in [0.3, 0.4) is 0 Å². The number of thiophene rings is 1. The number of hydrogen-bond acceptors (Lipinski definition) is 5. The van der Waals surface area contributed by atoms with E-state index in [0.717, 1.165) is 0 Å². The Hall–Kier alpha value is -1.71. The zero-order valence-electron chi connectivity index (χ0n) is 13.9. The summed E-state index contributed by atoms with van der Waals surface area (Å²) in [6.45, 7) is -0.275. The van der Waals surface area contributed by atoms with E-state index < -0.39 is 25.1 Å². The Morgan fingerprint density at radius 3 is 2.11 bits per heavy atom. The van der Waals surface area contributed by atoms with Gasteiger partial charge in [0.1, 0.15) is 5.25 Å². The molecule has 0 saturated carbocycles. The third-order valence-corrected chi connectivity index (χ3v) is 8.82. The van der Waals surface area contributed by atoms with Gasteiger partial charge in [-0.3, -0.25) is 0 Å². The Morgan fingerprint density at radius 2 is 1.52 bits per heavy atom. The van der Waals surface area contributed by atoms with Crippen LogP contribution in [-0.2, 0) is 19.9 Å². The minimum absolute atomic E-state index is 0.0822. The highest BCUT2D eigenvalue weighted by atomic mass is 35.5. The fourth-order valence-corrected chi connectivity index (χ4v) is 6.58. The van der Waals surface area contributed by atoms with Crippen molar-refractivity contribution < 1.29 is 16.8 Å². The number of benzene rings is 2. The van der Waals surface area contributed by atoms with Gasteiger partial charge in [0.15, 0.2) is 9.84 Å². The van der Waals surface area contributed by atoms with E-state index >= 15 is 0 Å². The molecule has 142 valence electrons. The van der Waals surface area contributed by atoms with Crippen LogP contribution in [0.5, 0.6) is 0 Å². The zero-order chi connectivity index (χ0) is 19.5. The first-order chi connectivity index (χ1) is 12.8. The average Bonchev–Trinajstić information content (AvgIpc) is 3.17. The second-order valence-electron chi connectivity index (χ2n) is 5.67. The van der Waals surface area contributed by atoms with Crippen molar-refractivity contribution in [2.24, 2.45) is 0 Å². The summed E-state index contributed by atoms with van der Waals surface area (Å²) >= 11 is 7.11. The minimum Gasteiger partial charge on any atom is -0.223 e. The maximum Gasteiger partial charge on any atom is 0.240 e. The normalized spacial score (nSPS) is 13.4. The monoisotopic (exact) mass is 441 g/mol. The van der Waals surface area contributed by atoms with Crippen molar-refractivity contribution in [1.82, 2.24) is 4.72 Å². The summed E-state index contributed by atoms with van der Waals surface area (Å²) in [6, 6.07) is 17.1. The van der Waals surface area contributed by atoms with E-state index in [2.05, 4.69) is 4.72 Å². The van der Waals surface area contributed by atoms with Gasteiger partial charge in [0, 0.05) is 16.4 Å². The Kier molecular flexibility index (Phi) is 6.02. The lowest BCUT2D eigenvalue weighted by Gasteiger charge is -2.17. The maximum atomic E-state index is 13.1. The molecule has 0 spiro atoms. The van der Waals surface area contributed by atoms with Gasteiger partial charge in [-0.25, -0.2) is 21.6 Å². The van der Waals surface area contributed by atoms with E-state index in [1.165, 1.54) is 47.7 Å². The first kappa shape index (κ1) is 20.0. The van der Waals surface area contributed by atoms with Crippen LogP contribution in [0, 0.1) is 0 Å². The first-order valence-electron chi connectivity index (χ1n) is 7.88. The van der Waals surface area contributed by atoms with Crippen LogP contribution in [0.25, 0.3) is 0 Å². The van der Waals surface area contributed by atoms with E-state index in [1.54, 1.807) is 35.7 Å². The Morgan fingerprint density at radius 1 is 0.852 bits per heavy atom. The highest BCUT2D eigenvalue weighted by Gasteiger charge is 2.31. The number of nitrogens with one attached hydrogen (secondary N) is 1. The Bertz CT molecular complexity index is 1100. The molecule has 3 rings (SSSR count). The largest absolute Gasteiger partial charge is 0.240 e. The van der Waals surface area contributed by atoms with Gasteiger partial charge in [0.2, 0.25) is 10.0 Å². The van der Waals surface area contributed by atoms with Crippen LogP contribution in [0.15, 0.2) is 81.9 Å². The fraction of sp³-hybridized carbons (Fsp3) is 0.111. The number of sulfone groups is 1. The van der Waals surface area contributed by atoms with Crippen molar-refractivity contribution in [1.29, 1.82) is 0 Å². The van der Waals surface area contributed by atoms with E-state index in [-0.39, 0.29) is 16.3 Å². The van der Waals surface area contributed by atoms with Crippen LogP contribution in [0.2, 0.25) is 5.02 Å². The van der Waals surface area contributed by atoms with Crippen molar-refractivity contribution in [3.63, 3.8) is 0 Å². The van der Waals surface area contributed by atoms with Crippen LogP contribution in [0.4, 0.5) is 0 Å². The predicted octanol–water partition coefficient (Wildman–Crippen LogP) is 3.90. The van der Waals surface area contributed by atoms with Crippen molar-refractivity contribution in [3.05, 3.63) is 82.0 Å². The standard InChI is InChI=1S/C18H16ClNO4S3/c19-14-8-10-15(11-9-14)26(21,22)18(17-7-4-12-25-17)13-20-27(23,24)16-5-2-1-3-6-16/h1-12,18,20H,13H2. The summed E-state index contributed by atoms with van der Waals surface area (Å²) in [7, 11) is -7.65. The molecule has 0 aliphatic carbocycles. The summed E-state index contributed by atoms with van der Waals surface area (Å²) in [6.07, 6.45) is 0. The van der Waals surface area contributed by atoms with Gasteiger partial charge in [0.25, 0.3) is 0 Å². The number of rotatable bonds is 7. The highest BCUT2D eigenvalue weighted by molar-refractivity contribution is 7.92. The quantitative estimate of drug-likeness (QED) is 0.603. The van der Waals surface area contributed by atoms with Gasteiger partial charge < -0.3 is 0 Å². The summed E-state index contributed by atoms with van der Waals surface area (Å²) in [5, 5.41) is 1.13. The van der Waals surface area contributed by atoms with Crippen LogP contribution in [0.1, 0.15) is 10.1 Å². The van der Waals surface area contributed by atoms with Gasteiger partial charge >= 0.3 is 0 Å². The molecule has 1 atom stereocenters. The van der Waals surface area contributed by atoms with Gasteiger partial charge in [-0.05, 0) is 47.8 Å². The maximum absolute atomic E-state index is 13.1. The average molecular weight is 442 g/mol. The van der Waals surface area contributed by atoms with E-state index in [0.29, 0.717) is 9.90 Å². The van der Waals surface area contributed by atoms with Gasteiger partial charge in [-0.2, -0.15) is 0 Å². The molecule has 27 heavy (non-hydrogen) atoms. The Balaban J connectivity index is 1.92. The van der Waals surface area contributed by atoms with Crippen LogP contribution in [-0.4, -0.2) is 23.4 Å². The molecule has 0 radical (unpaired) electrons. The first-order valence-corrected chi connectivity index (χ1v) is 12.2. The molecule has 2 aromatic carbocycles. The minimum atomic E-state index is -3.83. The molecule has 1 unspecified atom stereocenters. The van der Waals surface area contributed by atoms with Crippen molar-refractivity contribution in [2.75, 3.05) is 6.54 Å². The Labute approximate surface area is 167 Å². The molecule has 0 aliphatic rings. The summed E-state index contributed by atoms with van der Waals surface area (Å²) in [4.78, 5) is 0.726. The lowest BCUT2D eigenvalue weighted by Crippen LogP contribution is -2.31. The molecular weight excluding hydrogens is 426 g/mol. The topological polar surface area (TPSA) is 80.3 Å². The van der Waals surface area contributed by atoms with Crippen molar-refractivity contribution in [3.8, 4) is 0 Å². The number of hydrogen-bond donors (Lipinski definition) is 1. The third kappa shape index (κ3) is 4.59. The molecule has 1 aromatic heterocycles. The van der Waals surface area contributed by atoms with E-state index in [4.69, 9.17) is 11.6 Å². The molecule has 5 nitrogen and oxygen atoms in total. The van der Waals surface area contributed by atoms with Gasteiger partial charge in [0.05, 0.1) is 9.79 Å². The van der Waals surface area contributed by atoms with E-state index in [1.807, 2.05) is 0 Å². The molecule has 0 aliphatic heterocycles. The molecule has 0 amide bonds. The van der Waals surface area contributed by atoms with Crippen molar-refractivity contribution in [2.45, 2.75) is 15.0 Å². The molecule has 0 fully saturated rings. The third-order valence-electron chi connectivity index (χ3n) is 3.89. The predicted molar refractivity (Wildman–Crippen MR) is 107 cm³/mol. The van der Waals surface area contributed by atoms with Crippen molar-refractivity contribution >= 4 is 42.8 Å². The molecule has 3 aromatic rings. The number of halogens is 1. The molecule has 9 heteroatoms. The SMILES string of the molecule is O=S(=O)(NCC(c1cccs1)S(=O)(=O)c1ccc(Cl)cc1)c1ccccc1. The molecule has 0 bridgehead atoms. The molecule has 0 saturated heterocycles. The van der Waals surface area contributed by atoms with Crippen LogP contribution >= 0.6 is 22.9 Å². The fourth-order valence-electron chi connectivity index (χ4n) is 2.49. The summed E-state index contributed by atoms with van der Waals surface area (Å²) < 4.78 is 53.7. The second-order valence-corrected chi connectivity index (χ2v) is 11.0. The second kappa shape index (κ2) is 8.12. The lowest BCUT2D eigenvalue weighted by atomic mass is 10.3. The lowest BCUT2D eigenvalue weighted by molar-refractivity contribution is 0.569. The smallest absolute Gasteiger partial charge is 0.223 e.